The summed E-state index contributed by atoms with van der Waals surface area (Å²) in [4.78, 5) is 22.8. The molecule has 110 valence electrons. The largest absolute Gasteiger partial charge is 0.465 e. The highest BCUT2D eigenvalue weighted by molar-refractivity contribution is 7.87. The molecule has 0 aromatic rings. The minimum absolute atomic E-state index is 0.0265. The van der Waals surface area contributed by atoms with Gasteiger partial charge >= 0.3 is 21.3 Å². The zero-order valence-electron chi connectivity index (χ0n) is 10.0. The number of allylic oxidation sites excluding steroid dienone is 1. The van der Waals surface area contributed by atoms with Crippen LogP contribution in [0.4, 0.5) is 8.78 Å². The highest BCUT2D eigenvalue weighted by Crippen LogP contribution is 2.60. The summed E-state index contributed by atoms with van der Waals surface area (Å²) in [6.45, 7) is 0. The van der Waals surface area contributed by atoms with Gasteiger partial charge in [0, 0.05) is 12.3 Å². The van der Waals surface area contributed by atoms with Crippen molar-refractivity contribution in [3.8, 4) is 0 Å². The zero-order chi connectivity index (χ0) is 14.9. The molecule has 0 heterocycles. The van der Waals surface area contributed by atoms with Crippen molar-refractivity contribution < 1.29 is 36.1 Å². The van der Waals surface area contributed by atoms with E-state index in [-0.39, 0.29) is 24.0 Å². The highest BCUT2D eigenvalue weighted by atomic mass is 32.2. The van der Waals surface area contributed by atoms with Crippen molar-refractivity contribution in [3.63, 3.8) is 0 Å². The number of alkyl halides is 2. The first kappa shape index (κ1) is 13.6. The number of ether oxygens (including phenoxy) is 1. The summed E-state index contributed by atoms with van der Waals surface area (Å²) in [6.07, 6.45) is 2.31. The molecule has 0 aromatic carbocycles. The van der Waals surface area contributed by atoms with Crippen molar-refractivity contribution in [2.24, 2.45) is 11.8 Å². The van der Waals surface area contributed by atoms with Crippen molar-refractivity contribution in [1.29, 1.82) is 0 Å². The number of hydrogen-bond donors (Lipinski definition) is 1. The van der Waals surface area contributed by atoms with Gasteiger partial charge in [-0.25, -0.2) is 4.79 Å². The average Bonchev–Trinajstić information content (AvgIpc) is 2.32. The molecule has 0 aliphatic heterocycles. The first-order valence-electron chi connectivity index (χ1n) is 5.91. The minimum Gasteiger partial charge on any atom is -0.449 e. The lowest BCUT2D eigenvalue weighted by atomic mass is 9.50. The van der Waals surface area contributed by atoms with Crippen LogP contribution < -0.4 is 0 Å². The quantitative estimate of drug-likeness (QED) is 0.608. The van der Waals surface area contributed by atoms with Crippen LogP contribution in [-0.2, 0) is 24.4 Å². The van der Waals surface area contributed by atoms with Crippen LogP contribution in [0.3, 0.4) is 0 Å². The summed E-state index contributed by atoms with van der Waals surface area (Å²) in [7, 11) is -5.88. The number of esters is 1. The van der Waals surface area contributed by atoms with E-state index in [1.54, 1.807) is 0 Å². The topological polar surface area (TPSA) is 97.7 Å². The maximum Gasteiger partial charge on any atom is 0.465 e. The van der Waals surface area contributed by atoms with Gasteiger partial charge in [0.15, 0.2) is 5.78 Å². The first-order chi connectivity index (χ1) is 9.07. The second-order valence-electron chi connectivity index (χ2n) is 5.42. The van der Waals surface area contributed by atoms with Gasteiger partial charge in [-0.1, -0.05) is 0 Å². The van der Waals surface area contributed by atoms with E-state index < -0.39 is 26.9 Å². The van der Waals surface area contributed by atoms with E-state index in [1.807, 2.05) is 0 Å². The normalized spacial score (nSPS) is 35.4. The predicted octanol–water partition coefficient (Wildman–Crippen LogP) is 0.688. The van der Waals surface area contributed by atoms with Gasteiger partial charge in [0.25, 0.3) is 0 Å². The van der Waals surface area contributed by atoms with Crippen molar-refractivity contribution >= 4 is 21.9 Å². The third-order valence-corrected chi connectivity index (χ3v) is 5.05. The molecule has 0 spiro atoms. The fourth-order valence-electron chi connectivity index (χ4n) is 3.32. The number of ketones is 1. The molecule has 3 atom stereocenters. The Morgan fingerprint density at radius 2 is 2.00 bits per heavy atom. The number of fused-ring (bicyclic) bond motifs is 1. The van der Waals surface area contributed by atoms with Gasteiger partial charge in [-0.2, -0.15) is 17.2 Å². The summed E-state index contributed by atoms with van der Waals surface area (Å²) in [5.74, 6) is -2.78. The van der Waals surface area contributed by atoms with Crippen LogP contribution in [0.1, 0.15) is 19.3 Å². The molecule has 0 amide bonds. The van der Waals surface area contributed by atoms with Gasteiger partial charge in [-0.15, -0.1) is 0 Å². The molecule has 4 bridgehead atoms. The molecule has 6 nitrogen and oxygen atoms in total. The van der Waals surface area contributed by atoms with E-state index in [1.165, 1.54) is 6.08 Å². The standard InChI is InChI=1S/C11H10F2O6S/c12-11(13,20(16,17)18)9(15)19-10-3-5-1-6(4-10)8(14)2-7(5)10/h2,5-6H,1,3-4H2,(H,16,17,18). The van der Waals surface area contributed by atoms with Crippen LogP contribution in [0.5, 0.6) is 0 Å². The third-order valence-electron chi connectivity index (χ3n) is 4.24. The molecule has 5 aliphatic rings. The second-order valence-corrected chi connectivity index (χ2v) is 6.88. The summed E-state index contributed by atoms with van der Waals surface area (Å²) in [6, 6.07) is 0. The molecule has 1 N–H and O–H groups in total. The number of carbonyl (C=O) groups is 2. The minimum atomic E-state index is -5.88. The third kappa shape index (κ3) is 1.59. The van der Waals surface area contributed by atoms with Gasteiger partial charge in [0.05, 0.1) is 0 Å². The van der Waals surface area contributed by atoms with Gasteiger partial charge in [0.1, 0.15) is 5.60 Å². The van der Waals surface area contributed by atoms with Crippen LogP contribution in [0, 0.1) is 11.8 Å². The van der Waals surface area contributed by atoms with Gasteiger partial charge in [-0.3, -0.25) is 9.35 Å². The molecule has 0 radical (unpaired) electrons. The fraction of sp³-hybridized carbons (Fsp3) is 0.636. The Morgan fingerprint density at radius 1 is 1.40 bits per heavy atom. The first-order valence-corrected chi connectivity index (χ1v) is 7.35. The number of rotatable bonds is 3. The molecule has 3 fully saturated rings. The molecule has 0 aromatic heterocycles. The van der Waals surface area contributed by atoms with Crippen LogP contribution >= 0.6 is 0 Å². The number of halogens is 2. The SMILES string of the molecule is O=C1C=C2C3CC1CC2(OC(=O)C(F)(F)S(=O)(=O)O)C3. The van der Waals surface area contributed by atoms with Crippen LogP contribution in [0.2, 0.25) is 0 Å². The summed E-state index contributed by atoms with van der Waals surface area (Å²) >= 11 is 0. The Labute approximate surface area is 112 Å². The molecule has 20 heavy (non-hydrogen) atoms. The Morgan fingerprint density at radius 3 is 2.50 bits per heavy atom. The van der Waals surface area contributed by atoms with E-state index in [9.17, 15) is 26.8 Å². The number of carbonyl (C=O) groups excluding carboxylic acids is 2. The Kier molecular flexibility index (Phi) is 2.48. The molecular weight excluding hydrogens is 298 g/mol. The zero-order valence-corrected chi connectivity index (χ0v) is 10.8. The molecule has 5 rings (SSSR count). The summed E-state index contributed by atoms with van der Waals surface area (Å²) in [5, 5.41) is -5.01. The monoisotopic (exact) mass is 308 g/mol. The van der Waals surface area contributed by atoms with Crippen molar-refractivity contribution in [2.45, 2.75) is 30.1 Å². The molecular formula is C11H10F2O6S. The van der Waals surface area contributed by atoms with Gasteiger partial charge < -0.3 is 4.74 Å². The molecule has 3 saturated carbocycles. The van der Waals surface area contributed by atoms with Crippen LogP contribution in [0.15, 0.2) is 11.6 Å². The van der Waals surface area contributed by atoms with Crippen LogP contribution in [0.25, 0.3) is 0 Å². The fourth-order valence-corrected chi connectivity index (χ4v) is 3.58. The van der Waals surface area contributed by atoms with E-state index in [0.717, 1.165) is 0 Å². The van der Waals surface area contributed by atoms with Gasteiger partial charge in [-0.05, 0) is 30.4 Å². The van der Waals surface area contributed by atoms with E-state index in [0.29, 0.717) is 18.4 Å². The Hall–Kier alpha value is -1.35. The van der Waals surface area contributed by atoms with Crippen molar-refractivity contribution in [3.05, 3.63) is 11.6 Å². The van der Waals surface area contributed by atoms with E-state index in [2.05, 4.69) is 4.74 Å². The predicted molar refractivity (Wildman–Crippen MR) is 59.2 cm³/mol. The molecule has 0 saturated heterocycles. The maximum atomic E-state index is 13.2. The van der Waals surface area contributed by atoms with Crippen molar-refractivity contribution in [1.82, 2.24) is 0 Å². The van der Waals surface area contributed by atoms with E-state index in [4.69, 9.17) is 4.55 Å². The summed E-state index contributed by atoms with van der Waals surface area (Å²) < 4.78 is 60.4. The Balaban J connectivity index is 1.86. The Bertz CT molecular complexity index is 652. The lowest BCUT2D eigenvalue weighted by Gasteiger charge is -2.58. The summed E-state index contributed by atoms with van der Waals surface area (Å²) in [5.41, 5.74) is -0.823. The van der Waals surface area contributed by atoms with Crippen molar-refractivity contribution in [2.75, 3.05) is 0 Å². The van der Waals surface area contributed by atoms with E-state index >= 15 is 0 Å². The highest BCUT2D eigenvalue weighted by Gasteiger charge is 2.64. The number of hydrogen-bond acceptors (Lipinski definition) is 5. The molecule has 5 aliphatic carbocycles. The van der Waals surface area contributed by atoms with Crippen LogP contribution in [-0.4, -0.2) is 35.6 Å². The maximum absolute atomic E-state index is 13.2. The second kappa shape index (κ2) is 3.64. The smallest absolute Gasteiger partial charge is 0.449 e. The average molecular weight is 308 g/mol. The molecule has 9 heteroatoms. The molecule has 3 unspecified atom stereocenters. The van der Waals surface area contributed by atoms with Gasteiger partial charge in [0.2, 0.25) is 0 Å². The lowest BCUT2D eigenvalue weighted by Crippen LogP contribution is -2.61. The lowest BCUT2D eigenvalue weighted by molar-refractivity contribution is -0.191.